The molecule has 1 aliphatic rings. The standard InChI is InChI=1S/C40H40N8O4/c1-22(49)17-42-18-27-15-34-36(43-19-27)38(45-25(4)44-34)46-33-10-6-8-31(24(33)3)30-7-5-9-32(23(30)2)39-47-35-14-26(13-29(16-41)37(35)52-39)20-48-12-11-28(21-48)40(50)51/h5-10,13-15,19,22,28,42,49H,11-12,17-18,20-21H2,1-4H3,(H,50,51)(H,44,45,46). The van der Waals surface area contributed by atoms with Crippen LogP contribution in [0.5, 0.6) is 0 Å². The predicted molar refractivity (Wildman–Crippen MR) is 199 cm³/mol. The van der Waals surface area contributed by atoms with Crippen molar-refractivity contribution in [1.29, 1.82) is 5.26 Å². The molecule has 1 aliphatic heterocycles. The van der Waals surface area contributed by atoms with E-state index in [9.17, 15) is 20.3 Å². The molecule has 0 amide bonds. The summed E-state index contributed by atoms with van der Waals surface area (Å²) < 4.78 is 6.27. The first-order valence-corrected chi connectivity index (χ1v) is 17.4. The van der Waals surface area contributed by atoms with Gasteiger partial charge in [-0.1, -0.05) is 24.3 Å². The Morgan fingerprint density at radius 3 is 2.52 bits per heavy atom. The monoisotopic (exact) mass is 696 g/mol. The molecule has 264 valence electrons. The number of nitrogens with zero attached hydrogens (tertiary/aromatic N) is 6. The lowest BCUT2D eigenvalue weighted by Crippen LogP contribution is -2.23. The number of fused-ring (bicyclic) bond motifs is 2. The van der Waals surface area contributed by atoms with E-state index in [-0.39, 0.29) is 5.92 Å². The first-order chi connectivity index (χ1) is 25.1. The zero-order valence-corrected chi connectivity index (χ0v) is 29.6. The number of carbonyl (C=O) groups is 1. The average Bonchev–Trinajstić information content (AvgIpc) is 3.76. The van der Waals surface area contributed by atoms with Crippen LogP contribution in [0.2, 0.25) is 0 Å². The molecule has 1 saturated heterocycles. The summed E-state index contributed by atoms with van der Waals surface area (Å²) in [7, 11) is 0. The van der Waals surface area contributed by atoms with Gasteiger partial charge in [0.2, 0.25) is 5.89 Å². The Bertz CT molecular complexity index is 2360. The number of nitrogens with one attached hydrogen (secondary N) is 2. The van der Waals surface area contributed by atoms with Gasteiger partial charge >= 0.3 is 5.97 Å². The van der Waals surface area contributed by atoms with Crippen molar-refractivity contribution < 1.29 is 19.4 Å². The molecule has 7 rings (SSSR count). The second kappa shape index (κ2) is 14.5. The molecule has 2 atom stereocenters. The molecule has 1 fully saturated rings. The lowest BCUT2D eigenvalue weighted by molar-refractivity contribution is -0.141. The molecular formula is C40H40N8O4. The number of carboxylic acid groups (broad SMARTS) is 1. The fraction of sp³-hybridized carbons (Fsp3) is 0.300. The summed E-state index contributed by atoms with van der Waals surface area (Å²) in [5, 5.41) is 35.7. The van der Waals surface area contributed by atoms with Crippen LogP contribution in [0.25, 0.3) is 44.7 Å². The van der Waals surface area contributed by atoms with Crippen molar-refractivity contribution in [2.24, 2.45) is 5.92 Å². The molecule has 52 heavy (non-hydrogen) atoms. The van der Waals surface area contributed by atoms with Crippen LogP contribution in [0.15, 0.2) is 65.2 Å². The third kappa shape index (κ3) is 7.07. The minimum Gasteiger partial charge on any atom is -0.481 e. The van der Waals surface area contributed by atoms with Crippen molar-refractivity contribution in [3.8, 4) is 28.7 Å². The molecule has 4 N–H and O–H groups in total. The maximum Gasteiger partial charge on any atom is 0.307 e. The fourth-order valence-corrected chi connectivity index (χ4v) is 6.95. The van der Waals surface area contributed by atoms with Gasteiger partial charge in [0, 0.05) is 43.6 Å². The van der Waals surface area contributed by atoms with Gasteiger partial charge in [0.25, 0.3) is 0 Å². The molecule has 2 unspecified atom stereocenters. The van der Waals surface area contributed by atoms with Crippen LogP contribution in [0.3, 0.4) is 0 Å². The Balaban J connectivity index is 1.18. The van der Waals surface area contributed by atoms with Crippen LogP contribution in [0.1, 0.15) is 47.0 Å². The maximum absolute atomic E-state index is 11.5. The Kier molecular flexibility index (Phi) is 9.66. The Morgan fingerprint density at radius 1 is 1.02 bits per heavy atom. The molecule has 3 aromatic carbocycles. The van der Waals surface area contributed by atoms with E-state index in [1.165, 1.54) is 0 Å². The topological polar surface area (TPSA) is 173 Å². The zero-order valence-electron chi connectivity index (χ0n) is 29.6. The van der Waals surface area contributed by atoms with Crippen LogP contribution >= 0.6 is 0 Å². The van der Waals surface area contributed by atoms with Crippen molar-refractivity contribution in [2.45, 2.75) is 53.3 Å². The molecule has 4 heterocycles. The predicted octanol–water partition coefficient (Wildman–Crippen LogP) is 6.42. The lowest BCUT2D eigenvalue weighted by Gasteiger charge is -2.17. The first-order valence-electron chi connectivity index (χ1n) is 17.4. The molecule has 12 nitrogen and oxygen atoms in total. The molecule has 0 saturated carbocycles. The summed E-state index contributed by atoms with van der Waals surface area (Å²) in [6.07, 6.45) is 1.98. The highest BCUT2D eigenvalue weighted by atomic mass is 16.4. The van der Waals surface area contributed by atoms with E-state index in [0.717, 1.165) is 50.1 Å². The number of oxazole rings is 1. The summed E-state index contributed by atoms with van der Waals surface area (Å²) in [5.74, 6) is 0.522. The first kappa shape index (κ1) is 34.7. The van der Waals surface area contributed by atoms with Gasteiger partial charge in [-0.15, -0.1) is 0 Å². The van der Waals surface area contributed by atoms with Crippen LogP contribution in [0.4, 0.5) is 11.5 Å². The molecule has 0 radical (unpaired) electrons. The molecule has 0 spiro atoms. The quantitative estimate of drug-likeness (QED) is 0.117. The van der Waals surface area contributed by atoms with Crippen LogP contribution < -0.4 is 10.6 Å². The maximum atomic E-state index is 11.5. The SMILES string of the molecule is Cc1nc(Nc2cccc(-c3cccc(-c4nc5cc(CN6CCC(C(=O)O)C6)cc(C#N)c5o4)c3C)c2C)c2ncc(CNCC(C)O)cc2n1. The van der Waals surface area contributed by atoms with Gasteiger partial charge in [-0.05, 0) is 104 Å². The van der Waals surface area contributed by atoms with E-state index >= 15 is 0 Å². The highest BCUT2D eigenvalue weighted by Crippen LogP contribution is 2.38. The van der Waals surface area contributed by atoms with Crippen LogP contribution in [-0.2, 0) is 17.9 Å². The van der Waals surface area contributed by atoms with Gasteiger partial charge in [0.05, 0.1) is 23.1 Å². The minimum absolute atomic E-state index is 0.370. The molecular weight excluding hydrogens is 656 g/mol. The van der Waals surface area contributed by atoms with Crippen molar-refractivity contribution in [3.63, 3.8) is 0 Å². The van der Waals surface area contributed by atoms with Crippen molar-refractivity contribution in [3.05, 3.63) is 94.4 Å². The highest BCUT2D eigenvalue weighted by molar-refractivity contribution is 5.89. The number of pyridine rings is 1. The van der Waals surface area contributed by atoms with E-state index in [4.69, 9.17) is 19.4 Å². The van der Waals surface area contributed by atoms with Gasteiger partial charge in [0.1, 0.15) is 22.9 Å². The molecule has 3 aromatic heterocycles. The number of carboxylic acids is 1. The summed E-state index contributed by atoms with van der Waals surface area (Å²) in [4.78, 5) is 32.5. The summed E-state index contributed by atoms with van der Waals surface area (Å²) in [5.41, 5.74) is 10.4. The number of benzene rings is 3. The normalized spacial score (nSPS) is 15.3. The van der Waals surface area contributed by atoms with Crippen molar-refractivity contribution in [2.75, 3.05) is 25.0 Å². The Morgan fingerprint density at radius 2 is 1.77 bits per heavy atom. The van der Waals surface area contributed by atoms with Gasteiger partial charge in [-0.25, -0.2) is 15.0 Å². The summed E-state index contributed by atoms with van der Waals surface area (Å²) in [6, 6.07) is 20.1. The fourth-order valence-electron chi connectivity index (χ4n) is 6.95. The van der Waals surface area contributed by atoms with Crippen molar-refractivity contribution >= 4 is 39.6 Å². The number of nitriles is 1. The molecule has 12 heteroatoms. The van der Waals surface area contributed by atoms with E-state index in [2.05, 4.69) is 45.6 Å². The Hall–Kier alpha value is -5.74. The van der Waals surface area contributed by atoms with Gasteiger partial charge in [0.15, 0.2) is 11.4 Å². The number of aromatic nitrogens is 4. The second-order valence-corrected chi connectivity index (χ2v) is 13.6. The van der Waals surface area contributed by atoms with E-state index in [0.29, 0.717) is 78.9 Å². The number of anilines is 2. The van der Waals surface area contributed by atoms with E-state index in [1.807, 2.05) is 56.3 Å². The number of hydrogen-bond acceptors (Lipinski definition) is 11. The Labute approximate surface area is 301 Å². The van der Waals surface area contributed by atoms with E-state index in [1.54, 1.807) is 13.1 Å². The lowest BCUT2D eigenvalue weighted by atomic mass is 9.93. The molecule has 0 aliphatic carbocycles. The van der Waals surface area contributed by atoms with Crippen molar-refractivity contribution in [1.82, 2.24) is 30.2 Å². The summed E-state index contributed by atoms with van der Waals surface area (Å²) in [6.45, 7) is 10.5. The average molecular weight is 697 g/mol. The smallest absolute Gasteiger partial charge is 0.307 e. The largest absolute Gasteiger partial charge is 0.481 e. The number of aryl methyl sites for hydroxylation is 1. The number of aliphatic hydroxyl groups is 1. The molecule has 0 bridgehead atoms. The van der Waals surface area contributed by atoms with E-state index < -0.39 is 12.1 Å². The number of aliphatic carboxylic acids is 1. The second-order valence-electron chi connectivity index (χ2n) is 13.6. The number of rotatable bonds is 11. The van der Waals surface area contributed by atoms with Gasteiger partial charge < -0.3 is 25.3 Å². The number of likely N-dealkylation sites (tertiary alicyclic amines) is 1. The summed E-state index contributed by atoms with van der Waals surface area (Å²) >= 11 is 0. The third-order valence-electron chi connectivity index (χ3n) is 9.61. The minimum atomic E-state index is -0.771. The zero-order chi connectivity index (χ0) is 36.5. The molecule has 6 aromatic rings. The number of aliphatic hydroxyl groups excluding tert-OH is 1. The number of hydrogen-bond donors (Lipinski definition) is 4. The van der Waals surface area contributed by atoms with Gasteiger partial charge in [-0.2, -0.15) is 5.26 Å². The van der Waals surface area contributed by atoms with Crippen LogP contribution in [-0.4, -0.2) is 66.8 Å². The van der Waals surface area contributed by atoms with Crippen LogP contribution in [0, 0.1) is 38.0 Å². The third-order valence-corrected chi connectivity index (χ3v) is 9.61. The highest BCUT2D eigenvalue weighted by Gasteiger charge is 2.28. The van der Waals surface area contributed by atoms with Gasteiger partial charge in [-0.3, -0.25) is 14.7 Å².